The Kier molecular flexibility index (Phi) is 4.51. The minimum atomic E-state index is -4.50. The lowest BCUT2D eigenvalue weighted by atomic mass is 10.1. The van der Waals surface area contributed by atoms with Crippen LogP contribution in [0.5, 0.6) is 0 Å². The SMILES string of the molecule is OC(c1cccc(C(F)(F)F)c1Br)C(Cl)Cl. The molecule has 1 rings (SSSR count). The summed E-state index contributed by atoms with van der Waals surface area (Å²) in [6.07, 6.45) is -5.87. The van der Waals surface area contributed by atoms with Gasteiger partial charge < -0.3 is 5.11 Å². The molecule has 1 aromatic carbocycles. The van der Waals surface area contributed by atoms with Crippen LogP contribution in [0.4, 0.5) is 13.2 Å². The van der Waals surface area contributed by atoms with E-state index in [2.05, 4.69) is 15.9 Å². The maximum atomic E-state index is 12.5. The van der Waals surface area contributed by atoms with E-state index >= 15 is 0 Å². The topological polar surface area (TPSA) is 20.2 Å². The molecule has 7 heteroatoms. The second-order valence-corrected chi connectivity index (χ2v) is 4.94. The molecule has 90 valence electrons. The zero-order chi connectivity index (χ0) is 12.5. The lowest BCUT2D eigenvalue weighted by Gasteiger charge is -2.17. The average molecular weight is 338 g/mol. The molecule has 0 fully saturated rings. The highest BCUT2D eigenvalue weighted by molar-refractivity contribution is 9.10. The van der Waals surface area contributed by atoms with Gasteiger partial charge in [-0.05, 0) is 27.6 Å². The van der Waals surface area contributed by atoms with Crippen LogP contribution in [0.3, 0.4) is 0 Å². The van der Waals surface area contributed by atoms with Crippen molar-refractivity contribution in [3.05, 3.63) is 33.8 Å². The molecular formula is C9H6BrCl2F3O. The Labute approximate surface area is 108 Å². The van der Waals surface area contributed by atoms with Crippen LogP contribution in [0.1, 0.15) is 17.2 Å². The van der Waals surface area contributed by atoms with Crippen molar-refractivity contribution < 1.29 is 18.3 Å². The van der Waals surface area contributed by atoms with Gasteiger partial charge in [0.2, 0.25) is 0 Å². The largest absolute Gasteiger partial charge is 0.417 e. The number of aliphatic hydroxyl groups excluding tert-OH is 1. The first kappa shape index (κ1) is 14.1. The van der Waals surface area contributed by atoms with Crippen LogP contribution in [0, 0.1) is 0 Å². The predicted octanol–water partition coefficient (Wildman–Crippen LogP) is 4.31. The molecule has 0 aromatic heterocycles. The molecule has 1 nitrogen and oxygen atoms in total. The normalized spacial score (nSPS) is 14.2. The van der Waals surface area contributed by atoms with Gasteiger partial charge in [-0.25, -0.2) is 0 Å². The maximum absolute atomic E-state index is 12.5. The highest BCUT2D eigenvalue weighted by Gasteiger charge is 2.34. The fourth-order valence-electron chi connectivity index (χ4n) is 1.13. The first-order valence-corrected chi connectivity index (χ1v) is 5.73. The van der Waals surface area contributed by atoms with E-state index in [4.69, 9.17) is 23.2 Å². The molecule has 0 bridgehead atoms. The van der Waals surface area contributed by atoms with Crippen molar-refractivity contribution in [2.24, 2.45) is 0 Å². The zero-order valence-corrected chi connectivity index (χ0v) is 10.7. The summed E-state index contributed by atoms with van der Waals surface area (Å²) in [6.45, 7) is 0. The summed E-state index contributed by atoms with van der Waals surface area (Å²) in [5.74, 6) is 0. The lowest BCUT2D eigenvalue weighted by molar-refractivity contribution is -0.138. The van der Waals surface area contributed by atoms with Gasteiger partial charge in [-0.1, -0.05) is 12.1 Å². The zero-order valence-electron chi connectivity index (χ0n) is 7.60. The minimum Gasteiger partial charge on any atom is -0.386 e. The Morgan fingerprint density at radius 1 is 1.25 bits per heavy atom. The number of rotatable bonds is 2. The molecule has 0 aliphatic rings. The van der Waals surface area contributed by atoms with Crippen LogP contribution in [0.25, 0.3) is 0 Å². The standard InChI is InChI=1S/C9H6BrCl2F3O/c10-6-4(7(16)8(11)12)2-1-3-5(6)9(13,14)15/h1-3,7-8,16H. The molecule has 16 heavy (non-hydrogen) atoms. The molecule has 0 spiro atoms. The quantitative estimate of drug-likeness (QED) is 0.797. The predicted molar refractivity (Wildman–Crippen MR) is 59.6 cm³/mol. The van der Waals surface area contributed by atoms with E-state index in [1.165, 1.54) is 12.1 Å². The first-order valence-electron chi connectivity index (χ1n) is 4.07. The van der Waals surface area contributed by atoms with Gasteiger partial charge in [0.15, 0.2) is 0 Å². The van der Waals surface area contributed by atoms with E-state index in [9.17, 15) is 18.3 Å². The van der Waals surface area contributed by atoms with E-state index in [1.807, 2.05) is 0 Å². The Morgan fingerprint density at radius 2 is 1.81 bits per heavy atom. The van der Waals surface area contributed by atoms with Gasteiger partial charge in [-0.15, -0.1) is 23.2 Å². The van der Waals surface area contributed by atoms with Gasteiger partial charge in [0.1, 0.15) is 10.9 Å². The summed E-state index contributed by atoms with van der Waals surface area (Å²) in [7, 11) is 0. The van der Waals surface area contributed by atoms with E-state index in [0.29, 0.717) is 0 Å². The molecule has 1 atom stereocenters. The fourth-order valence-corrected chi connectivity index (χ4v) is 2.13. The minimum absolute atomic E-state index is 0.00447. The highest BCUT2D eigenvalue weighted by Crippen LogP contribution is 2.39. The van der Waals surface area contributed by atoms with Crippen molar-refractivity contribution in [2.75, 3.05) is 0 Å². The molecule has 0 aliphatic carbocycles. The second kappa shape index (κ2) is 5.12. The van der Waals surface area contributed by atoms with Crippen molar-refractivity contribution >= 4 is 39.1 Å². The molecule has 0 saturated heterocycles. The molecule has 0 amide bonds. The van der Waals surface area contributed by atoms with Crippen LogP contribution in [-0.2, 0) is 6.18 Å². The van der Waals surface area contributed by atoms with Crippen molar-refractivity contribution in [2.45, 2.75) is 17.1 Å². The number of halogens is 6. The van der Waals surface area contributed by atoms with Crippen molar-refractivity contribution in [1.29, 1.82) is 0 Å². The lowest BCUT2D eigenvalue weighted by Crippen LogP contribution is -2.11. The third kappa shape index (κ3) is 3.03. The molecule has 0 aliphatic heterocycles. The van der Waals surface area contributed by atoms with Crippen molar-refractivity contribution in [3.8, 4) is 0 Å². The summed E-state index contributed by atoms with van der Waals surface area (Å²) in [5, 5.41) is 9.51. The van der Waals surface area contributed by atoms with Gasteiger partial charge >= 0.3 is 6.18 Å². The molecule has 1 unspecified atom stereocenters. The van der Waals surface area contributed by atoms with Gasteiger partial charge in [-0.3, -0.25) is 0 Å². The van der Waals surface area contributed by atoms with Crippen LogP contribution >= 0.6 is 39.1 Å². The van der Waals surface area contributed by atoms with Gasteiger partial charge in [0.25, 0.3) is 0 Å². The number of hydrogen-bond acceptors (Lipinski definition) is 1. The smallest absolute Gasteiger partial charge is 0.386 e. The maximum Gasteiger partial charge on any atom is 0.417 e. The Balaban J connectivity index is 3.24. The molecule has 0 radical (unpaired) electrons. The molecule has 1 N–H and O–H groups in total. The molecule has 1 aromatic rings. The summed E-state index contributed by atoms with van der Waals surface area (Å²) in [4.78, 5) is -1.19. The van der Waals surface area contributed by atoms with Crippen LogP contribution in [0.2, 0.25) is 0 Å². The van der Waals surface area contributed by atoms with E-state index in [-0.39, 0.29) is 10.0 Å². The Hall–Kier alpha value is 0.0300. The number of hydrogen-bond donors (Lipinski definition) is 1. The summed E-state index contributed by atoms with van der Waals surface area (Å²) in [5.41, 5.74) is -0.872. The van der Waals surface area contributed by atoms with Gasteiger partial charge in [0.05, 0.1) is 5.56 Å². The second-order valence-electron chi connectivity index (χ2n) is 2.99. The van der Waals surface area contributed by atoms with Gasteiger partial charge in [0, 0.05) is 4.47 Å². The first-order chi connectivity index (χ1) is 7.25. The van der Waals surface area contributed by atoms with Gasteiger partial charge in [-0.2, -0.15) is 13.2 Å². The van der Waals surface area contributed by atoms with Crippen molar-refractivity contribution in [3.63, 3.8) is 0 Å². The number of aliphatic hydroxyl groups is 1. The van der Waals surface area contributed by atoms with Crippen LogP contribution in [-0.4, -0.2) is 9.94 Å². The summed E-state index contributed by atoms with van der Waals surface area (Å²) in [6, 6.07) is 3.40. The summed E-state index contributed by atoms with van der Waals surface area (Å²) < 4.78 is 37.3. The number of benzene rings is 1. The fraction of sp³-hybridized carbons (Fsp3) is 0.333. The number of alkyl halides is 5. The monoisotopic (exact) mass is 336 g/mol. The summed E-state index contributed by atoms with van der Waals surface area (Å²) >= 11 is 13.6. The van der Waals surface area contributed by atoms with Crippen LogP contribution < -0.4 is 0 Å². The van der Waals surface area contributed by atoms with E-state index in [1.54, 1.807) is 0 Å². The Morgan fingerprint density at radius 3 is 2.25 bits per heavy atom. The van der Waals surface area contributed by atoms with E-state index in [0.717, 1.165) is 6.07 Å². The molecule has 0 saturated carbocycles. The third-order valence-electron chi connectivity index (χ3n) is 1.89. The average Bonchev–Trinajstić information content (AvgIpc) is 2.15. The molecule has 0 heterocycles. The van der Waals surface area contributed by atoms with Crippen molar-refractivity contribution in [1.82, 2.24) is 0 Å². The molecular weight excluding hydrogens is 332 g/mol. The Bertz CT molecular complexity index is 382. The van der Waals surface area contributed by atoms with Crippen LogP contribution in [0.15, 0.2) is 22.7 Å². The van der Waals surface area contributed by atoms with E-state index < -0.39 is 22.7 Å². The highest BCUT2D eigenvalue weighted by atomic mass is 79.9. The third-order valence-corrected chi connectivity index (χ3v) is 3.25.